The third-order valence-corrected chi connectivity index (χ3v) is 3.12. The van der Waals surface area contributed by atoms with E-state index in [0.717, 1.165) is 43.5 Å². The summed E-state index contributed by atoms with van der Waals surface area (Å²) in [5, 5.41) is 6.54. The summed E-state index contributed by atoms with van der Waals surface area (Å²) in [6.07, 6.45) is 2.01. The van der Waals surface area contributed by atoms with Crippen molar-refractivity contribution in [3.8, 4) is 0 Å². The number of ether oxygens (including phenoxy) is 1. The molecule has 0 bridgehead atoms. The van der Waals surface area contributed by atoms with Gasteiger partial charge in [-0.05, 0) is 26.7 Å². The molecule has 1 aromatic heterocycles. The quantitative estimate of drug-likeness (QED) is 0.838. The highest BCUT2D eigenvalue weighted by Gasteiger charge is 2.27. The third kappa shape index (κ3) is 3.06. The van der Waals surface area contributed by atoms with Crippen LogP contribution in [0.15, 0.2) is 6.07 Å². The van der Waals surface area contributed by atoms with E-state index in [-0.39, 0.29) is 5.54 Å². The van der Waals surface area contributed by atoms with Gasteiger partial charge in [-0.15, -0.1) is 0 Å². The monoisotopic (exact) mass is 236 g/mol. The van der Waals surface area contributed by atoms with Gasteiger partial charge in [0.25, 0.3) is 0 Å². The zero-order valence-corrected chi connectivity index (χ0v) is 10.7. The van der Waals surface area contributed by atoms with Crippen LogP contribution in [-0.4, -0.2) is 35.8 Å². The summed E-state index contributed by atoms with van der Waals surface area (Å²) >= 11 is 0. The smallest absolute Gasteiger partial charge is 0.132 e. The van der Waals surface area contributed by atoms with Gasteiger partial charge in [0, 0.05) is 31.9 Å². The van der Waals surface area contributed by atoms with Gasteiger partial charge >= 0.3 is 0 Å². The summed E-state index contributed by atoms with van der Waals surface area (Å²) in [7, 11) is 1.86. The third-order valence-electron chi connectivity index (χ3n) is 3.12. The van der Waals surface area contributed by atoms with E-state index < -0.39 is 0 Å². The van der Waals surface area contributed by atoms with E-state index in [0.29, 0.717) is 0 Å². The molecule has 94 valence electrons. The first-order valence-corrected chi connectivity index (χ1v) is 6.01. The number of aromatic nitrogens is 2. The lowest BCUT2D eigenvalue weighted by Gasteiger charge is -2.35. The molecule has 0 amide bonds. The van der Waals surface area contributed by atoms with E-state index in [4.69, 9.17) is 4.74 Å². The number of rotatable bonds is 3. The van der Waals surface area contributed by atoms with Gasteiger partial charge in [0.1, 0.15) is 17.5 Å². The number of nitrogens with one attached hydrogen (secondary N) is 2. The average Bonchev–Trinajstić information content (AvgIpc) is 2.28. The Bertz CT molecular complexity index is 388. The second-order valence-electron chi connectivity index (χ2n) is 4.73. The van der Waals surface area contributed by atoms with Crippen LogP contribution in [0.3, 0.4) is 0 Å². The largest absolute Gasteiger partial charge is 0.381 e. The minimum Gasteiger partial charge on any atom is -0.381 e. The first kappa shape index (κ1) is 12.1. The van der Waals surface area contributed by atoms with Gasteiger partial charge in [-0.3, -0.25) is 0 Å². The number of aryl methyl sites for hydroxylation is 1. The van der Waals surface area contributed by atoms with Crippen molar-refractivity contribution in [2.45, 2.75) is 32.2 Å². The van der Waals surface area contributed by atoms with Crippen LogP contribution < -0.4 is 10.6 Å². The molecule has 0 saturated carbocycles. The molecular weight excluding hydrogens is 216 g/mol. The molecule has 0 aliphatic carbocycles. The molecule has 0 unspecified atom stereocenters. The van der Waals surface area contributed by atoms with Crippen molar-refractivity contribution in [2.75, 3.05) is 30.9 Å². The summed E-state index contributed by atoms with van der Waals surface area (Å²) in [5.41, 5.74) is 0.0735. The number of anilines is 2. The van der Waals surface area contributed by atoms with Gasteiger partial charge in [-0.25, -0.2) is 9.97 Å². The summed E-state index contributed by atoms with van der Waals surface area (Å²) in [4.78, 5) is 8.70. The van der Waals surface area contributed by atoms with Gasteiger partial charge in [0.05, 0.1) is 0 Å². The number of hydrogen-bond acceptors (Lipinski definition) is 5. The van der Waals surface area contributed by atoms with Crippen molar-refractivity contribution in [3.63, 3.8) is 0 Å². The Kier molecular flexibility index (Phi) is 3.47. The molecule has 1 fully saturated rings. The Labute approximate surface area is 102 Å². The lowest BCUT2D eigenvalue weighted by Crippen LogP contribution is -2.40. The van der Waals surface area contributed by atoms with E-state index in [1.807, 2.05) is 20.0 Å². The molecule has 5 heteroatoms. The topological polar surface area (TPSA) is 59.1 Å². The van der Waals surface area contributed by atoms with Crippen LogP contribution in [0.5, 0.6) is 0 Å². The summed E-state index contributed by atoms with van der Waals surface area (Å²) in [6.45, 7) is 5.74. The van der Waals surface area contributed by atoms with Gasteiger partial charge < -0.3 is 15.4 Å². The predicted octanol–water partition coefficient (Wildman–Crippen LogP) is 1.81. The molecule has 1 aromatic rings. The molecule has 0 spiro atoms. The van der Waals surface area contributed by atoms with E-state index in [2.05, 4.69) is 27.5 Å². The Balaban J connectivity index is 2.14. The van der Waals surface area contributed by atoms with Crippen LogP contribution in [0, 0.1) is 6.92 Å². The summed E-state index contributed by atoms with van der Waals surface area (Å²) in [5.74, 6) is 2.50. The van der Waals surface area contributed by atoms with E-state index in [1.54, 1.807) is 0 Å². The summed E-state index contributed by atoms with van der Waals surface area (Å²) < 4.78 is 5.39. The van der Waals surface area contributed by atoms with E-state index in [1.165, 1.54) is 0 Å². The molecule has 1 aliphatic rings. The molecule has 1 aliphatic heterocycles. The van der Waals surface area contributed by atoms with Gasteiger partial charge in [0.2, 0.25) is 0 Å². The highest BCUT2D eigenvalue weighted by molar-refractivity contribution is 5.48. The maximum atomic E-state index is 5.39. The number of nitrogens with zero attached hydrogens (tertiary/aromatic N) is 2. The Morgan fingerprint density at radius 3 is 2.53 bits per heavy atom. The Morgan fingerprint density at radius 2 is 1.88 bits per heavy atom. The van der Waals surface area contributed by atoms with Crippen molar-refractivity contribution in [1.82, 2.24) is 9.97 Å². The fraction of sp³-hybridized carbons (Fsp3) is 0.667. The van der Waals surface area contributed by atoms with Crippen LogP contribution in [0.1, 0.15) is 25.6 Å². The fourth-order valence-electron chi connectivity index (χ4n) is 2.02. The molecule has 1 saturated heterocycles. The molecule has 2 heterocycles. The normalized spacial score (nSPS) is 18.8. The van der Waals surface area contributed by atoms with Crippen molar-refractivity contribution in [3.05, 3.63) is 11.9 Å². The molecule has 2 rings (SSSR count). The van der Waals surface area contributed by atoms with Crippen molar-refractivity contribution < 1.29 is 4.74 Å². The zero-order chi connectivity index (χ0) is 12.3. The Morgan fingerprint density at radius 1 is 1.24 bits per heavy atom. The maximum Gasteiger partial charge on any atom is 0.132 e. The Hall–Kier alpha value is -1.36. The van der Waals surface area contributed by atoms with E-state index in [9.17, 15) is 0 Å². The zero-order valence-electron chi connectivity index (χ0n) is 10.7. The average molecular weight is 236 g/mol. The molecule has 2 N–H and O–H groups in total. The van der Waals surface area contributed by atoms with Crippen LogP contribution in [-0.2, 0) is 4.74 Å². The van der Waals surface area contributed by atoms with Crippen LogP contribution in [0.25, 0.3) is 0 Å². The second-order valence-corrected chi connectivity index (χ2v) is 4.73. The molecule has 0 aromatic carbocycles. The first-order valence-electron chi connectivity index (χ1n) is 6.01. The fourth-order valence-corrected chi connectivity index (χ4v) is 2.02. The predicted molar refractivity (Wildman–Crippen MR) is 68.4 cm³/mol. The molecule has 0 radical (unpaired) electrons. The van der Waals surface area contributed by atoms with Gasteiger partial charge in [0.15, 0.2) is 0 Å². The lowest BCUT2D eigenvalue weighted by atomic mass is 9.92. The van der Waals surface area contributed by atoms with E-state index >= 15 is 0 Å². The van der Waals surface area contributed by atoms with Crippen molar-refractivity contribution >= 4 is 11.6 Å². The molecule has 17 heavy (non-hydrogen) atoms. The van der Waals surface area contributed by atoms with Crippen molar-refractivity contribution in [2.24, 2.45) is 0 Å². The van der Waals surface area contributed by atoms with Crippen molar-refractivity contribution in [1.29, 1.82) is 0 Å². The number of hydrogen-bond donors (Lipinski definition) is 2. The molecule has 5 nitrogen and oxygen atoms in total. The molecular formula is C12H20N4O. The minimum absolute atomic E-state index is 0.0735. The lowest BCUT2D eigenvalue weighted by molar-refractivity contribution is 0.0657. The first-order chi connectivity index (χ1) is 8.11. The summed E-state index contributed by atoms with van der Waals surface area (Å²) in [6, 6.07) is 1.94. The van der Waals surface area contributed by atoms with Crippen LogP contribution in [0.4, 0.5) is 11.6 Å². The minimum atomic E-state index is 0.0735. The van der Waals surface area contributed by atoms with Gasteiger partial charge in [-0.2, -0.15) is 0 Å². The van der Waals surface area contributed by atoms with Gasteiger partial charge in [-0.1, -0.05) is 0 Å². The maximum absolute atomic E-state index is 5.39. The molecule has 0 atom stereocenters. The second kappa shape index (κ2) is 4.87. The SMILES string of the molecule is CNc1cc(NC2(C)CCOCC2)nc(C)n1. The highest BCUT2D eigenvalue weighted by Crippen LogP contribution is 2.25. The standard InChI is InChI=1S/C12H20N4O/c1-9-14-10(13-3)8-11(15-9)16-12(2)4-6-17-7-5-12/h8H,4-7H2,1-3H3,(H2,13,14,15,16). The van der Waals surface area contributed by atoms with Crippen LogP contribution in [0.2, 0.25) is 0 Å². The van der Waals surface area contributed by atoms with Crippen LogP contribution >= 0.6 is 0 Å². The highest BCUT2D eigenvalue weighted by atomic mass is 16.5.